The molecule has 10 heteroatoms. The SMILES string of the molecule is [O]C(=O)c1cc2c([nH]1)-c1c(C(=O)O)cc(C(=O)O)nc1C(=O)C2=O. The molecule has 3 N–H and O–H groups in total. The van der Waals surface area contributed by atoms with Gasteiger partial charge in [-0.05, 0) is 12.1 Å². The Labute approximate surface area is 131 Å². The van der Waals surface area contributed by atoms with Crippen LogP contribution in [0.15, 0.2) is 12.1 Å². The Balaban J connectivity index is 2.43. The van der Waals surface area contributed by atoms with Crippen molar-refractivity contribution in [1.82, 2.24) is 9.97 Å². The van der Waals surface area contributed by atoms with E-state index in [9.17, 15) is 34.2 Å². The Hall–Kier alpha value is -3.82. The van der Waals surface area contributed by atoms with Gasteiger partial charge < -0.3 is 15.2 Å². The topological polar surface area (TPSA) is 174 Å². The number of aromatic amines is 1. The molecule has 24 heavy (non-hydrogen) atoms. The highest BCUT2D eigenvalue weighted by Crippen LogP contribution is 2.35. The van der Waals surface area contributed by atoms with Gasteiger partial charge in [-0.15, -0.1) is 0 Å². The van der Waals surface area contributed by atoms with E-state index in [-0.39, 0.29) is 16.8 Å². The van der Waals surface area contributed by atoms with E-state index in [2.05, 4.69) is 9.97 Å². The van der Waals surface area contributed by atoms with Gasteiger partial charge >= 0.3 is 17.9 Å². The number of hydrogen-bond acceptors (Lipinski definition) is 6. The molecular formula is C14H5N2O8. The van der Waals surface area contributed by atoms with Gasteiger partial charge in [0.15, 0.2) is 0 Å². The molecule has 1 aliphatic carbocycles. The Morgan fingerprint density at radius 2 is 1.67 bits per heavy atom. The van der Waals surface area contributed by atoms with Crippen molar-refractivity contribution in [3.63, 3.8) is 0 Å². The number of carbonyl (C=O) groups is 5. The third-order valence-electron chi connectivity index (χ3n) is 3.42. The molecule has 0 saturated heterocycles. The Morgan fingerprint density at radius 1 is 1.00 bits per heavy atom. The second kappa shape index (κ2) is 4.84. The van der Waals surface area contributed by atoms with Crippen molar-refractivity contribution in [3.8, 4) is 11.3 Å². The van der Waals surface area contributed by atoms with Gasteiger partial charge in [-0.1, -0.05) is 0 Å². The molecular weight excluding hydrogens is 324 g/mol. The normalized spacial score (nSPS) is 12.5. The van der Waals surface area contributed by atoms with E-state index >= 15 is 0 Å². The van der Waals surface area contributed by atoms with Crippen LogP contribution in [0.3, 0.4) is 0 Å². The lowest BCUT2D eigenvalue weighted by molar-refractivity contribution is 0.0565. The summed E-state index contributed by atoms with van der Waals surface area (Å²) in [6.07, 6.45) is 0. The summed E-state index contributed by atoms with van der Waals surface area (Å²) in [5.74, 6) is -7.19. The van der Waals surface area contributed by atoms with Gasteiger partial charge in [-0.2, -0.15) is 0 Å². The van der Waals surface area contributed by atoms with E-state index in [1.807, 2.05) is 0 Å². The highest BCUT2D eigenvalue weighted by molar-refractivity contribution is 6.52. The maximum atomic E-state index is 12.1. The largest absolute Gasteiger partial charge is 0.478 e. The average molecular weight is 329 g/mol. The fourth-order valence-electron chi connectivity index (χ4n) is 2.41. The number of Topliss-reactive ketones (excluding diaryl/α,β-unsaturated/α-hetero) is 2. The fraction of sp³-hybridized carbons (Fsp3) is 0. The van der Waals surface area contributed by atoms with E-state index < -0.39 is 52.1 Å². The van der Waals surface area contributed by atoms with E-state index in [1.54, 1.807) is 0 Å². The minimum Gasteiger partial charge on any atom is -0.478 e. The Morgan fingerprint density at radius 3 is 2.21 bits per heavy atom. The van der Waals surface area contributed by atoms with E-state index in [4.69, 9.17) is 5.11 Å². The number of carbonyl (C=O) groups excluding carboxylic acids is 3. The van der Waals surface area contributed by atoms with Crippen LogP contribution in [0.25, 0.3) is 11.3 Å². The molecule has 0 aromatic carbocycles. The summed E-state index contributed by atoms with van der Waals surface area (Å²) in [6.45, 7) is 0. The highest BCUT2D eigenvalue weighted by Gasteiger charge is 2.38. The lowest BCUT2D eigenvalue weighted by Crippen LogP contribution is -2.25. The number of rotatable bonds is 3. The van der Waals surface area contributed by atoms with Crippen LogP contribution >= 0.6 is 0 Å². The number of nitrogens with zero attached hydrogens (tertiary/aromatic N) is 1. The van der Waals surface area contributed by atoms with E-state index in [1.165, 1.54) is 0 Å². The minimum atomic E-state index is -1.67. The van der Waals surface area contributed by atoms with Crippen molar-refractivity contribution in [3.05, 3.63) is 40.3 Å². The van der Waals surface area contributed by atoms with Gasteiger partial charge in [0.25, 0.3) is 5.78 Å². The number of pyridine rings is 1. The van der Waals surface area contributed by atoms with Crippen LogP contribution in [-0.2, 0) is 5.11 Å². The molecule has 119 valence electrons. The number of fused-ring (bicyclic) bond motifs is 3. The van der Waals surface area contributed by atoms with E-state index in [0.29, 0.717) is 0 Å². The Kier molecular flexibility index (Phi) is 3.04. The predicted molar refractivity (Wildman–Crippen MR) is 71.6 cm³/mol. The molecule has 2 aromatic rings. The highest BCUT2D eigenvalue weighted by atomic mass is 16.4. The second-order valence-corrected chi connectivity index (χ2v) is 4.81. The number of H-pyrrole nitrogens is 1. The van der Waals surface area contributed by atoms with Crippen molar-refractivity contribution < 1.29 is 39.3 Å². The zero-order chi connectivity index (χ0) is 17.8. The van der Waals surface area contributed by atoms with E-state index in [0.717, 1.165) is 12.1 Å². The average Bonchev–Trinajstić information content (AvgIpc) is 2.96. The first-order chi connectivity index (χ1) is 11.2. The molecule has 0 fully saturated rings. The quantitative estimate of drug-likeness (QED) is 0.679. The first-order valence-electron chi connectivity index (χ1n) is 6.27. The number of aromatic carboxylic acids is 2. The van der Waals surface area contributed by atoms with Crippen LogP contribution in [0.5, 0.6) is 0 Å². The standard InChI is InChI=1S/C14H5N2O8/c17-10-4-2-6(14(23)24)15-8(4)7-3(12(19)20)1-5(13(21)22)16-9(7)11(10)18/h1-2,15H,(H,19,20)(H,21,22). The number of ketones is 2. The summed E-state index contributed by atoms with van der Waals surface area (Å²) >= 11 is 0. The molecule has 2 heterocycles. The van der Waals surface area contributed by atoms with Gasteiger partial charge in [0.05, 0.1) is 16.8 Å². The summed E-state index contributed by atoms with van der Waals surface area (Å²) in [5.41, 5.74) is -3.48. The lowest BCUT2D eigenvalue weighted by atomic mass is 9.88. The molecule has 10 nitrogen and oxygen atoms in total. The summed E-state index contributed by atoms with van der Waals surface area (Å²) in [4.78, 5) is 63.4. The zero-order valence-electron chi connectivity index (χ0n) is 11.4. The third-order valence-corrected chi connectivity index (χ3v) is 3.42. The molecule has 0 unspecified atom stereocenters. The summed E-state index contributed by atoms with van der Waals surface area (Å²) in [5, 5.41) is 29.2. The fourth-order valence-corrected chi connectivity index (χ4v) is 2.41. The van der Waals surface area contributed by atoms with Crippen molar-refractivity contribution in [2.75, 3.05) is 0 Å². The van der Waals surface area contributed by atoms with Gasteiger partial charge in [-0.3, -0.25) is 9.59 Å². The van der Waals surface area contributed by atoms with Gasteiger partial charge in [0, 0.05) is 5.56 Å². The summed E-state index contributed by atoms with van der Waals surface area (Å²) in [6, 6.07) is 1.57. The molecule has 1 radical (unpaired) electrons. The van der Waals surface area contributed by atoms with Crippen LogP contribution in [0, 0.1) is 0 Å². The minimum absolute atomic E-state index is 0.240. The lowest BCUT2D eigenvalue weighted by Gasteiger charge is -2.16. The molecule has 0 spiro atoms. The van der Waals surface area contributed by atoms with Crippen molar-refractivity contribution in [1.29, 1.82) is 0 Å². The molecule has 0 bridgehead atoms. The van der Waals surface area contributed by atoms with Crippen LogP contribution in [0.4, 0.5) is 0 Å². The van der Waals surface area contributed by atoms with Crippen molar-refractivity contribution >= 4 is 29.5 Å². The maximum Gasteiger partial charge on any atom is 0.402 e. The molecule has 3 rings (SSSR count). The Bertz CT molecular complexity index is 985. The number of carboxylic acid groups (broad SMARTS) is 2. The van der Waals surface area contributed by atoms with Crippen LogP contribution in [0.1, 0.15) is 52.2 Å². The van der Waals surface area contributed by atoms with Crippen LogP contribution in [-0.4, -0.2) is 49.7 Å². The number of nitrogens with one attached hydrogen (secondary N) is 1. The summed E-state index contributed by atoms with van der Waals surface area (Å²) in [7, 11) is 0. The number of carboxylic acids is 2. The molecule has 0 amide bonds. The first-order valence-corrected chi connectivity index (χ1v) is 6.27. The first kappa shape index (κ1) is 15.1. The van der Waals surface area contributed by atoms with Gasteiger partial charge in [0.2, 0.25) is 5.78 Å². The van der Waals surface area contributed by atoms with Crippen LogP contribution in [0.2, 0.25) is 0 Å². The zero-order valence-corrected chi connectivity index (χ0v) is 11.4. The second-order valence-electron chi connectivity index (χ2n) is 4.81. The number of aromatic nitrogens is 2. The number of hydrogen-bond donors (Lipinski definition) is 3. The predicted octanol–water partition coefficient (Wildman–Crippen LogP) is 0.423. The monoisotopic (exact) mass is 329 g/mol. The molecule has 0 atom stereocenters. The smallest absolute Gasteiger partial charge is 0.402 e. The molecule has 1 aliphatic rings. The molecule has 0 saturated carbocycles. The summed E-state index contributed by atoms with van der Waals surface area (Å²) < 4.78 is 0. The van der Waals surface area contributed by atoms with Crippen LogP contribution < -0.4 is 0 Å². The maximum absolute atomic E-state index is 12.1. The van der Waals surface area contributed by atoms with Crippen molar-refractivity contribution in [2.24, 2.45) is 0 Å². The van der Waals surface area contributed by atoms with Gasteiger partial charge in [-0.25, -0.2) is 24.5 Å². The molecule has 2 aromatic heterocycles. The van der Waals surface area contributed by atoms with Crippen molar-refractivity contribution in [2.45, 2.75) is 0 Å². The molecule has 0 aliphatic heterocycles. The van der Waals surface area contributed by atoms with Gasteiger partial charge in [0.1, 0.15) is 17.1 Å². The third kappa shape index (κ3) is 1.97.